The first-order valence-corrected chi connectivity index (χ1v) is 11.9. The standard InChI is InChI=1S/C22H30F3N3O4S.ClH/c1-4-12(3)19(22(31)32-5-2)27-20(30)21-28(6-7-33-21)18(29)10-14(26)8-13-9-16(24)17(25)11-15(13)23;/h9,11-12,14,19,21H,4-8,10,26H2,1-3H3,(H,27,30);1H/t12-,14+,19?,21?;/m0./s1. The van der Waals surface area contributed by atoms with E-state index in [1.54, 1.807) is 6.92 Å². The topological polar surface area (TPSA) is 102 Å². The maximum atomic E-state index is 13.9. The molecule has 0 saturated carbocycles. The lowest BCUT2D eigenvalue weighted by molar-refractivity contribution is -0.149. The Morgan fingerprint density at radius 1 is 1.21 bits per heavy atom. The number of carbonyl (C=O) groups excluding carboxylic acids is 3. The third-order valence-corrected chi connectivity index (χ3v) is 6.70. The molecule has 0 bridgehead atoms. The summed E-state index contributed by atoms with van der Waals surface area (Å²) in [5.41, 5.74) is 5.83. The lowest BCUT2D eigenvalue weighted by Gasteiger charge is -2.28. The van der Waals surface area contributed by atoms with Gasteiger partial charge >= 0.3 is 5.97 Å². The molecule has 2 rings (SSSR count). The number of carbonyl (C=O) groups is 3. The number of esters is 1. The maximum absolute atomic E-state index is 13.9. The summed E-state index contributed by atoms with van der Waals surface area (Å²) in [6.45, 7) is 5.88. The number of thioether (sulfide) groups is 1. The summed E-state index contributed by atoms with van der Waals surface area (Å²) in [6.07, 6.45) is 0.251. The van der Waals surface area contributed by atoms with Crippen molar-refractivity contribution in [1.82, 2.24) is 10.2 Å². The van der Waals surface area contributed by atoms with Crippen LogP contribution in [0.3, 0.4) is 0 Å². The van der Waals surface area contributed by atoms with Crippen LogP contribution in [0.4, 0.5) is 13.2 Å². The van der Waals surface area contributed by atoms with Crippen molar-refractivity contribution in [2.45, 2.75) is 57.5 Å². The van der Waals surface area contributed by atoms with E-state index in [-0.39, 0.29) is 43.3 Å². The minimum absolute atomic E-state index is 0. The summed E-state index contributed by atoms with van der Waals surface area (Å²) in [6, 6.07) is -0.534. The van der Waals surface area contributed by atoms with Gasteiger partial charge in [-0.2, -0.15) is 0 Å². The molecule has 1 aromatic carbocycles. The molecule has 0 radical (unpaired) electrons. The molecule has 1 aliphatic heterocycles. The van der Waals surface area contributed by atoms with Gasteiger partial charge in [-0.25, -0.2) is 18.0 Å². The SMILES string of the molecule is CCOC(=O)C(NC(=O)C1SCCN1C(=O)C[C@H](N)Cc1cc(F)c(F)cc1F)[C@@H](C)CC.Cl. The van der Waals surface area contributed by atoms with Gasteiger partial charge in [0.05, 0.1) is 6.61 Å². The summed E-state index contributed by atoms with van der Waals surface area (Å²) in [5, 5.41) is 1.86. The summed E-state index contributed by atoms with van der Waals surface area (Å²) in [5.74, 6) is -4.53. The summed E-state index contributed by atoms with van der Waals surface area (Å²) in [4.78, 5) is 39.4. The van der Waals surface area contributed by atoms with E-state index in [1.165, 1.54) is 16.7 Å². The number of ether oxygens (including phenoxy) is 1. The Morgan fingerprint density at radius 2 is 1.85 bits per heavy atom. The zero-order valence-electron chi connectivity index (χ0n) is 19.3. The first kappa shape index (κ1) is 30.1. The maximum Gasteiger partial charge on any atom is 0.328 e. The molecular weight excluding hydrogens is 495 g/mol. The van der Waals surface area contributed by atoms with Crippen LogP contribution in [0.5, 0.6) is 0 Å². The number of nitrogens with one attached hydrogen (secondary N) is 1. The van der Waals surface area contributed by atoms with Gasteiger partial charge in [0.15, 0.2) is 17.0 Å². The van der Waals surface area contributed by atoms with Crippen molar-refractivity contribution in [3.8, 4) is 0 Å². The number of rotatable bonds is 10. The highest BCUT2D eigenvalue weighted by molar-refractivity contribution is 8.00. The van der Waals surface area contributed by atoms with E-state index in [1.807, 2.05) is 13.8 Å². The lowest BCUT2D eigenvalue weighted by atomic mass is 9.99. The van der Waals surface area contributed by atoms with E-state index in [9.17, 15) is 27.6 Å². The molecule has 1 heterocycles. The highest BCUT2D eigenvalue weighted by Gasteiger charge is 2.38. The Bertz CT molecular complexity index is 880. The molecule has 2 unspecified atom stereocenters. The molecule has 1 aromatic rings. The van der Waals surface area contributed by atoms with Gasteiger partial charge in [0.25, 0.3) is 5.91 Å². The monoisotopic (exact) mass is 525 g/mol. The van der Waals surface area contributed by atoms with E-state index in [0.29, 0.717) is 24.8 Å². The van der Waals surface area contributed by atoms with Gasteiger partial charge in [0.1, 0.15) is 11.9 Å². The molecule has 3 N–H and O–H groups in total. The molecule has 1 saturated heterocycles. The largest absolute Gasteiger partial charge is 0.464 e. The molecule has 192 valence electrons. The number of hydrogen-bond donors (Lipinski definition) is 2. The second-order valence-corrected chi connectivity index (χ2v) is 9.15. The fourth-order valence-electron chi connectivity index (χ4n) is 3.48. The number of benzene rings is 1. The number of hydrogen-bond acceptors (Lipinski definition) is 6. The van der Waals surface area contributed by atoms with Crippen LogP contribution in [-0.4, -0.2) is 59.0 Å². The average molecular weight is 526 g/mol. The molecular formula is C22H31ClF3N3O4S. The van der Waals surface area contributed by atoms with E-state index in [0.717, 1.165) is 6.07 Å². The van der Waals surface area contributed by atoms with E-state index >= 15 is 0 Å². The fourth-order valence-corrected chi connectivity index (χ4v) is 4.63. The van der Waals surface area contributed by atoms with Crippen LogP contribution in [-0.2, 0) is 25.5 Å². The van der Waals surface area contributed by atoms with Gasteiger partial charge in [-0.3, -0.25) is 9.59 Å². The van der Waals surface area contributed by atoms with Crippen molar-refractivity contribution in [2.75, 3.05) is 18.9 Å². The Kier molecular flexibility index (Phi) is 12.2. The number of nitrogens with zero attached hydrogens (tertiary/aromatic N) is 1. The molecule has 2 amide bonds. The number of halogens is 4. The summed E-state index contributed by atoms with van der Waals surface area (Å²) < 4.78 is 45.5. The first-order chi connectivity index (χ1) is 15.6. The number of nitrogens with two attached hydrogens (primary N) is 1. The van der Waals surface area contributed by atoms with Gasteiger partial charge in [-0.05, 0) is 30.9 Å². The predicted octanol–water partition coefficient (Wildman–Crippen LogP) is 2.78. The highest BCUT2D eigenvalue weighted by atomic mass is 35.5. The summed E-state index contributed by atoms with van der Waals surface area (Å²) >= 11 is 1.26. The first-order valence-electron chi connectivity index (χ1n) is 10.9. The second-order valence-electron chi connectivity index (χ2n) is 7.96. The zero-order valence-corrected chi connectivity index (χ0v) is 20.9. The Hall–Kier alpha value is -1.98. The van der Waals surface area contributed by atoms with Crippen LogP contribution in [0, 0.1) is 23.4 Å². The third kappa shape index (κ3) is 7.78. The molecule has 1 aliphatic rings. The average Bonchev–Trinajstić information content (AvgIpc) is 3.25. The van der Waals surface area contributed by atoms with Crippen molar-refractivity contribution in [3.05, 3.63) is 35.1 Å². The number of amides is 2. The van der Waals surface area contributed by atoms with Gasteiger partial charge < -0.3 is 20.7 Å². The fraction of sp³-hybridized carbons (Fsp3) is 0.591. The van der Waals surface area contributed by atoms with Crippen molar-refractivity contribution in [2.24, 2.45) is 11.7 Å². The van der Waals surface area contributed by atoms with E-state index in [2.05, 4.69) is 5.32 Å². The molecule has 0 aliphatic carbocycles. The van der Waals surface area contributed by atoms with E-state index in [4.69, 9.17) is 10.5 Å². The molecule has 34 heavy (non-hydrogen) atoms. The minimum Gasteiger partial charge on any atom is -0.464 e. The van der Waals surface area contributed by atoms with Gasteiger partial charge in [0.2, 0.25) is 5.91 Å². The van der Waals surface area contributed by atoms with Crippen molar-refractivity contribution in [3.63, 3.8) is 0 Å². The third-order valence-electron chi connectivity index (χ3n) is 5.50. The molecule has 0 aromatic heterocycles. The van der Waals surface area contributed by atoms with Gasteiger partial charge in [-0.1, -0.05) is 20.3 Å². The Labute approximate surface area is 207 Å². The van der Waals surface area contributed by atoms with Crippen LogP contribution >= 0.6 is 24.2 Å². The summed E-state index contributed by atoms with van der Waals surface area (Å²) in [7, 11) is 0. The Morgan fingerprint density at radius 3 is 2.47 bits per heavy atom. The van der Waals surface area contributed by atoms with Crippen LogP contribution < -0.4 is 11.1 Å². The predicted molar refractivity (Wildman–Crippen MR) is 126 cm³/mol. The minimum atomic E-state index is -1.30. The smallest absolute Gasteiger partial charge is 0.328 e. The van der Waals surface area contributed by atoms with Crippen molar-refractivity contribution < 1.29 is 32.3 Å². The quantitative estimate of drug-likeness (QED) is 0.360. The van der Waals surface area contributed by atoms with E-state index < -0.39 is 52.7 Å². The highest BCUT2D eigenvalue weighted by Crippen LogP contribution is 2.26. The van der Waals surface area contributed by atoms with Crippen LogP contribution in [0.15, 0.2) is 12.1 Å². The zero-order chi connectivity index (χ0) is 24.7. The van der Waals surface area contributed by atoms with Crippen LogP contribution in [0.1, 0.15) is 39.2 Å². The molecule has 7 nitrogen and oxygen atoms in total. The molecule has 12 heteroatoms. The van der Waals surface area contributed by atoms with Crippen molar-refractivity contribution in [1.29, 1.82) is 0 Å². The molecule has 4 atom stereocenters. The lowest BCUT2D eigenvalue weighted by Crippen LogP contribution is -2.52. The van der Waals surface area contributed by atoms with Crippen LogP contribution in [0.2, 0.25) is 0 Å². The normalized spacial score (nSPS) is 18.0. The van der Waals surface area contributed by atoms with Crippen molar-refractivity contribution >= 4 is 42.0 Å². The van der Waals surface area contributed by atoms with Gasteiger partial charge in [0, 0.05) is 30.8 Å². The second kappa shape index (κ2) is 13.8. The molecule has 0 spiro atoms. The molecule has 1 fully saturated rings. The Balaban J connectivity index is 0.00000578. The van der Waals surface area contributed by atoms with Gasteiger partial charge in [-0.15, -0.1) is 24.2 Å². The van der Waals surface area contributed by atoms with Crippen LogP contribution in [0.25, 0.3) is 0 Å².